The molecule has 0 aliphatic carbocycles. The predicted octanol–water partition coefficient (Wildman–Crippen LogP) is 3.68. The minimum Gasteiger partial charge on any atom is -0.462 e. The van der Waals surface area contributed by atoms with Gasteiger partial charge in [0, 0.05) is 6.54 Å². The number of carbonyl (C=O) groups is 1. The normalized spacial score (nSPS) is 10.6. The molecule has 112 valence electrons. The van der Waals surface area contributed by atoms with Gasteiger partial charge in [0.15, 0.2) is 0 Å². The van der Waals surface area contributed by atoms with Crippen LogP contribution >= 0.6 is 0 Å². The highest BCUT2D eigenvalue weighted by Gasteiger charge is 2.14. The number of carbonyl (C=O) groups excluding carboxylic acids is 1. The van der Waals surface area contributed by atoms with E-state index in [2.05, 4.69) is 19.2 Å². The summed E-state index contributed by atoms with van der Waals surface area (Å²) in [5.41, 5.74) is 7.73. The van der Waals surface area contributed by atoms with Gasteiger partial charge < -0.3 is 15.8 Å². The van der Waals surface area contributed by atoms with E-state index < -0.39 is 0 Å². The molecule has 0 saturated heterocycles. The number of nitrogen functional groups attached to an aromatic ring is 1. The van der Waals surface area contributed by atoms with Gasteiger partial charge in [0.05, 0.1) is 23.5 Å². The van der Waals surface area contributed by atoms with Crippen molar-refractivity contribution >= 4 is 17.3 Å². The summed E-state index contributed by atoms with van der Waals surface area (Å²) in [6.45, 7) is 7.42. The monoisotopic (exact) mass is 278 g/mol. The lowest BCUT2D eigenvalue weighted by Crippen LogP contribution is -2.12. The highest BCUT2D eigenvalue weighted by molar-refractivity contribution is 5.98. The van der Waals surface area contributed by atoms with Gasteiger partial charge in [-0.3, -0.25) is 0 Å². The second-order valence-electron chi connectivity index (χ2n) is 5.31. The quantitative estimate of drug-likeness (QED) is 0.432. The summed E-state index contributed by atoms with van der Waals surface area (Å²) in [6, 6.07) is 5.30. The smallest absolute Gasteiger partial charge is 0.340 e. The zero-order valence-corrected chi connectivity index (χ0v) is 12.7. The van der Waals surface area contributed by atoms with Crippen LogP contribution < -0.4 is 11.1 Å². The van der Waals surface area contributed by atoms with Crippen LogP contribution in [0.4, 0.5) is 11.4 Å². The fraction of sp³-hybridized carbons (Fsp3) is 0.562. The predicted molar refractivity (Wildman–Crippen MR) is 84.0 cm³/mol. The summed E-state index contributed by atoms with van der Waals surface area (Å²) in [6.07, 6.45) is 3.46. The van der Waals surface area contributed by atoms with E-state index in [4.69, 9.17) is 10.5 Å². The van der Waals surface area contributed by atoms with Gasteiger partial charge in [-0.1, -0.05) is 32.8 Å². The molecule has 0 aliphatic heterocycles. The zero-order valence-electron chi connectivity index (χ0n) is 12.7. The number of anilines is 2. The third kappa shape index (κ3) is 5.11. The highest BCUT2D eigenvalue weighted by atomic mass is 16.5. The molecule has 3 N–H and O–H groups in total. The van der Waals surface area contributed by atoms with Crippen molar-refractivity contribution in [2.24, 2.45) is 5.92 Å². The average molecular weight is 278 g/mol. The molecule has 4 nitrogen and oxygen atoms in total. The van der Waals surface area contributed by atoms with Crippen LogP contribution in [0.2, 0.25) is 0 Å². The first kappa shape index (κ1) is 16.3. The summed E-state index contributed by atoms with van der Waals surface area (Å²) in [5.74, 6) is 0.399. The fourth-order valence-electron chi connectivity index (χ4n) is 2.04. The molecule has 0 radical (unpaired) electrons. The average Bonchev–Trinajstić information content (AvgIpc) is 2.39. The Hall–Kier alpha value is -1.71. The van der Waals surface area contributed by atoms with E-state index in [1.54, 1.807) is 25.1 Å². The van der Waals surface area contributed by atoms with Crippen molar-refractivity contribution in [3.05, 3.63) is 23.8 Å². The standard InChI is InChI=1S/C16H26N2O2/c1-4-20-16(19)13-9-7-10-14(17)15(13)18-11-6-5-8-12(2)3/h7,9-10,12,18H,4-6,8,11,17H2,1-3H3. The van der Waals surface area contributed by atoms with Crippen molar-refractivity contribution < 1.29 is 9.53 Å². The number of rotatable bonds is 8. The number of unbranched alkanes of at least 4 members (excludes halogenated alkanes) is 1. The fourth-order valence-corrected chi connectivity index (χ4v) is 2.04. The number of para-hydroxylation sites is 1. The van der Waals surface area contributed by atoms with Crippen LogP contribution in [-0.2, 0) is 4.74 Å². The topological polar surface area (TPSA) is 64.3 Å². The number of hydrogen-bond acceptors (Lipinski definition) is 4. The minimum atomic E-state index is -0.329. The van der Waals surface area contributed by atoms with E-state index >= 15 is 0 Å². The molecule has 0 aliphatic rings. The summed E-state index contributed by atoms with van der Waals surface area (Å²) in [4.78, 5) is 11.9. The molecule has 1 aromatic carbocycles. The molecule has 0 spiro atoms. The summed E-state index contributed by atoms with van der Waals surface area (Å²) >= 11 is 0. The molecule has 0 fully saturated rings. The lowest BCUT2D eigenvalue weighted by molar-refractivity contribution is 0.0527. The Morgan fingerprint density at radius 3 is 2.75 bits per heavy atom. The van der Waals surface area contributed by atoms with Gasteiger partial charge in [0.1, 0.15) is 0 Å². The van der Waals surface area contributed by atoms with E-state index in [1.165, 1.54) is 12.8 Å². The number of ether oxygens (including phenoxy) is 1. The van der Waals surface area contributed by atoms with Crippen LogP contribution in [0.5, 0.6) is 0 Å². The molecule has 0 bridgehead atoms. The third-order valence-corrected chi connectivity index (χ3v) is 3.10. The van der Waals surface area contributed by atoms with Gasteiger partial charge in [-0.05, 0) is 31.4 Å². The molecule has 1 aromatic rings. The third-order valence-electron chi connectivity index (χ3n) is 3.10. The van der Waals surface area contributed by atoms with Crippen LogP contribution in [0.1, 0.15) is 50.4 Å². The Morgan fingerprint density at radius 2 is 2.10 bits per heavy atom. The van der Waals surface area contributed by atoms with Gasteiger partial charge >= 0.3 is 5.97 Å². The molecule has 0 saturated carbocycles. The number of nitrogens with two attached hydrogens (primary N) is 1. The lowest BCUT2D eigenvalue weighted by Gasteiger charge is -2.14. The number of benzene rings is 1. The molecule has 0 unspecified atom stereocenters. The van der Waals surface area contributed by atoms with Gasteiger partial charge in [0.25, 0.3) is 0 Å². The van der Waals surface area contributed by atoms with Gasteiger partial charge in [-0.2, -0.15) is 0 Å². The van der Waals surface area contributed by atoms with E-state index in [0.717, 1.165) is 18.9 Å². The van der Waals surface area contributed by atoms with E-state index in [9.17, 15) is 4.79 Å². The van der Waals surface area contributed by atoms with Gasteiger partial charge in [0.2, 0.25) is 0 Å². The van der Waals surface area contributed by atoms with Crippen LogP contribution in [0.25, 0.3) is 0 Å². The van der Waals surface area contributed by atoms with Crippen molar-refractivity contribution in [1.82, 2.24) is 0 Å². The Balaban J connectivity index is 2.61. The molecule has 1 rings (SSSR count). The summed E-state index contributed by atoms with van der Waals surface area (Å²) in [5, 5.41) is 3.27. The summed E-state index contributed by atoms with van der Waals surface area (Å²) < 4.78 is 5.05. The van der Waals surface area contributed by atoms with Crippen molar-refractivity contribution in [3.63, 3.8) is 0 Å². The molecule has 4 heteroatoms. The molecule has 20 heavy (non-hydrogen) atoms. The van der Waals surface area contributed by atoms with Crippen LogP contribution in [0.3, 0.4) is 0 Å². The molecule has 0 amide bonds. The van der Waals surface area contributed by atoms with Crippen molar-refractivity contribution in [2.75, 3.05) is 24.2 Å². The maximum Gasteiger partial charge on any atom is 0.340 e. The maximum atomic E-state index is 11.9. The minimum absolute atomic E-state index is 0.329. The van der Waals surface area contributed by atoms with Crippen molar-refractivity contribution in [3.8, 4) is 0 Å². The number of nitrogens with one attached hydrogen (secondary N) is 1. The summed E-state index contributed by atoms with van der Waals surface area (Å²) in [7, 11) is 0. The molecular formula is C16H26N2O2. The first-order valence-corrected chi connectivity index (χ1v) is 7.35. The molecule has 0 heterocycles. The first-order chi connectivity index (χ1) is 9.56. The van der Waals surface area contributed by atoms with E-state index in [-0.39, 0.29) is 5.97 Å². The second kappa shape index (κ2) is 8.46. The number of esters is 1. The van der Waals surface area contributed by atoms with Gasteiger partial charge in [-0.25, -0.2) is 4.79 Å². The van der Waals surface area contributed by atoms with Crippen LogP contribution in [-0.4, -0.2) is 19.1 Å². The zero-order chi connectivity index (χ0) is 15.0. The van der Waals surface area contributed by atoms with E-state index in [1.807, 2.05) is 0 Å². The van der Waals surface area contributed by atoms with E-state index in [0.29, 0.717) is 23.5 Å². The Kier molecular flexibility index (Phi) is 6.91. The van der Waals surface area contributed by atoms with Crippen LogP contribution in [0.15, 0.2) is 18.2 Å². The molecule has 0 atom stereocenters. The molecule has 0 aromatic heterocycles. The molecular weight excluding hydrogens is 252 g/mol. The second-order valence-corrected chi connectivity index (χ2v) is 5.31. The van der Waals surface area contributed by atoms with Crippen molar-refractivity contribution in [1.29, 1.82) is 0 Å². The Morgan fingerprint density at radius 1 is 1.35 bits per heavy atom. The van der Waals surface area contributed by atoms with Crippen LogP contribution in [0, 0.1) is 5.92 Å². The maximum absolute atomic E-state index is 11.9. The van der Waals surface area contributed by atoms with Gasteiger partial charge in [-0.15, -0.1) is 0 Å². The first-order valence-electron chi connectivity index (χ1n) is 7.35. The lowest BCUT2D eigenvalue weighted by atomic mass is 10.1. The SMILES string of the molecule is CCOC(=O)c1cccc(N)c1NCCCCC(C)C. The Bertz CT molecular complexity index is 430. The van der Waals surface area contributed by atoms with Crippen molar-refractivity contribution in [2.45, 2.75) is 40.0 Å². The highest BCUT2D eigenvalue weighted by Crippen LogP contribution is 2.24. The largest absolute Gasteiger partial charge is 0.462 e. The number of hydrogen-bond donors (Lipinski definition) is 2. The Labute approximate surface area is 121 Å².